The quantitative estimate of drug-likeness (QED) is 0.387. The molecule has 11 heteroatoms. The summed E-state index contributed by atoms with van der Waals surface area (Å²) >= 11 is 3.18. The minimum absolute atomic E-state index is 0. The summed E-state index contributed by atoms with van der Waals surface area (Å²) in [5.74, 6) is 1.10. The number of carbonyl (C=O) groups excluding carboxylic acids is 2. The Hall–Kier alpha value is -2.14. The van der Waals surface area contributed by atoms with E-state index in [1.807, 2.05) is 0 Å². The van der Waals surface area contributed by atoms with Gasteiger partial charge in [0.1, 0.15) is 11.4 Å². The summed E-state index contributed by atoms with van der Waals surface area (Å²) in [7, 11) is 0. The van der Waals surface area contributed by atoms with Crippen LogP contribution in [0.1, 0.15) is 75.2 Å². The SMILES string of the molecule is CCOC(=O)c1ncoc1-c1ncsc1C1CC1.Cl.NCC(=O)c1ncsc1C1CC1. The number of aromatic nitrogens is 3. The third kappa shape index (κ3) is 5.38. The Morgan fingerprint density at radius 2 is 1.71 bits per heavy atom. The summed E-state index contributed by atoms with van der Waals surface area (Å²) in [6.07, 6.45) is 6.02. The van der Waals surface area contributed by atoms with E-state index in [1.54, 1.807) is 40.6 Å². The van der Waals surface area contributed by atoms with Crippen LogP contribution < -0.4 is 5.73 Å². The summed E-state index contributed by atoms with van der Waals surface area (Å²) in [4.78, 5) is 37.6. The van der Waals surface area contributed by atoms with Crippen LogP contribution in [0.5, 0.6) is 0 Å². The van der Waals surface area contributed by atoms with Gasteiger partial charge in [0.25, 0.3) is 0 Å². The lowest BCUT2D eigenvalue weighted by Gasteiger charge is -2.01. The van der Waals surface area contributed by atoms with E-state index >= 15 is 0 Å². The number of carbonyl (C=O) groups is 2. The van der Waals surface area contributed by atoms with Crippen molar-refractivity contribution in [2.45, 2.75) is 44.4 Å². The first kappa shape index (κ1) is 23.5. The molecule has 2 fully saturated rings. The second kappa shape index (κ2) is 10.4. The van der Waals surface area contributed by atoms with Gasteiger partial charge in [0.2, 0.25) is 0 Å². The fourth-order valence-corrected chi connectivity index (χ4v) is 4.95. The van der Waals surface area contributed by atoms with E-state index in [1.165, 1.54) is 37.0 Å². The normalized spacial score (nSPS) is 14.9. The molecule has 0 aliphatic heterocycles. The summed E-state index contributed by atoms with van der Waals surface area (Å²) in [6.45, 7) is 2.15. The zero-order valence-corrected chi connectivity index (χ0v) is 19.4. The average molecular weight is 483 g/mol. The molecular formula is C20H23ClN4O4S2. The third-order valence-corrected chi connectivity index (χ3v) is 6.77. The maximum Gasteiger partial charge on any atom is 0.361 e. The minimum Gasteiger partial charge on any atom is -0.461 e. The predicted octanol–water partition coefficient (Wildman–Crippen LogP) is 4.44. The molecule has 0 unspecified atom stereocenters. The van der Waals surface area contributed by atoms with Crippen molar-refractivity contribution in [3.05, 3.63) is 38.6 Å². The van der Waals surface area contributed by atoms with Gasteiger partial charge in [-0.1, -0.05) is 0 Å². The first-order valence-corrected chi connectivity index (χ1v) is 11.6. The number of esters is 1. The molecule has 3 heterocycles. The van der Waals surface area contributed by atoms with E-state index in [0.717, 1.165) is 10.6 Å². The van der Waals surface area contributed by atoms with Gasteiger partial charge in [0, 0.05) is 9.75 Å². The number of nitrogens with two attached hydrogens (primary N) is 1. The fourth-order valence-electron chi connectivity index (χ4n) is 3.02. The topological polar surface area (TPSA) is 121 Å². The molecule has 8 nitrogen and oxygen atoms in total. The number of oxazole rings is 1. The highest BCUT2D eigenvalue weighted by Crippen LogP contribution is 2.46. The van der Waals surface area contributed by atoms with Crippen LogP contribution in [0.15, 0.2) is 21.8 Å². The number of ketones is 1. The van der Waals surface area contributed by atoms with Gasteiger partial charge in [-0.15, -0.1) is 35.1 Å². The van der Waals surface area contributed by atoms with Crippen molar-refractivity contribution < 1.29 is 18.7 Å². The highest BCUT2D eigenvalue weighted by Gasteiger charge is 2.32. The van der Waals surface area contributed by atoms with Gasteiger partial charge in [-0.25, -0.2) is 19.7 Å². The van der Waals surface area contributed by atoms with Crippen LogP contribution in [0.4, 0.5) is 0 Å². The molecule has 0 bridgehead atoms. The second-order valence-corrected chi connectivity index (χ2v) is 8.83. The molecule has 2 aliphatic carbocycles. The number of Topliss-reactive ketones (excluding diaryl/α,β-unsaturated/α-hetero) is 1. The number of rotatable bonds is 7. The van der Waals surface area contributed by atoms with Gasteiger partial charge in [-0.3, -0.25) is 4.79 Å². The first-order chi connectivity index (χ1) is 14.6. The van der Waals surface area contributed by atoms with E-state index in [4.69, 9.17) is 14.9 Å². The molecular weight excluding hydrogens is 460 g/mol. The Bertz CT molecular complexity index is 1040. The minimum atomic E-state index is -0.462. The standard InChI is InChI=1S/C12H12N2O3S.C8H10N2OS.ClH/c1-2-16-12(15)9-10(17-5-13-9)8-11(7-3-4-7)18-6-14-8;9-3-6(11)7-8(5-1-2-5)12-4-10-7;/h5-7H,2-4H2,1H3;4-5H,1-3,9H2;1H. The molecule has 3 aromatic heterocycles. The van der Waals surface area contributed by atoms with Crippen LogP contribution in [-0.4, -0.2) is 39.9 Å². The summed E-state index contributed by atoms with van der Waals surface area (Å²) in [5, 5.41) is 0. The lowest BCUT2D eigenvalue weighted by atomic mass is 10.2. The molecule has 0 radical (unpaired) electrons. The molecule has 31 heavy (non-hydrogen) atoms. The molecule has 0 spiro atoms. The Balaban J connectivity index is 0.000000183. The lowest BCUT2D eigenvalue weighted by Crippen LogP contribution is -2.15. The molecule has 5 rings (SSSR count). The highest BCUT2D eigenvalue weighted by atomic mass is 35.5. The largest absolute Gasteiger partial charge is 0.461 e. The van der Waals surface area contributed by atoms with Crippen molar-refractivity contribution in [1.82, 2.24) is 15.0 Å². The fraction of sp³-hybridized carbons (Fsp3) is 0.450. The van der Waals surface area contributed by atoms with Crippen LogP contribution >= 0.6 is 35.1 Å². The summed E-state index contributed by atoms with van der Waals surface area (Å²) < 4.78 is 10.3. The maximum absolute atomic E-state index is 11.7. The molecule has 0 aromatic carbocycles. The maximum atomic E-state index is 11.7. The Labute approximate surface area is 193 Å². The molecule has 0 atom stereocenters. The zero-order chi connectivity index (χ0) is 21.1. The van der Waals surface area contributed by atoms with E-state index in [-0.39, 0.29) is 30.4 Å². The third-order valence-electron chi connectivity index (χ3n) is 4.79. The zero-order valence-electron chi connectivity index (χ0n) is 16.9. The van der Waals surface area contributed by atoms with Crippen LogP contribution in [-0.2, 0) is 4.74 Å². The average Bonchev–Trinajstić information content (AvgIpc) is 3.62. The number of halogens is 1. The summed E-state index contributed by atoms with van der Waals surface area (Å²) in [6, 6.07) is 0. The van der Waals surface area contributed by atoms with Gasteiger partial charge in [0.05, 0.1) is 24.2 Å². The second-order valence-electron chi connectivity index (χ2n) is 7.06. The lowest BCUT2D eigenvalue weighted by molar-refractivity contribution is 0.0520. The number of nitrogens with zero attached hydrogens (tertiary/aromatic N) is 3. The van der Waals surface area contributed by atoms with Gasteiger partial charge in [0.15, 0.2) is 23.6 Å². The van der Waals surface area contributed by atoms with Gasteiger partial charge in [-0.2, -0.15) is 0 Å². The number of hydrogen-bond donors (Lipinski definition) is 1. The van der Waals surface area contributed by atoms with Crippen molar-refractivity contribution in [1.29, 1.82) is 0 Å². The highest BCUT2D eigenvalue weighted by molar-refractivity contribution is 7.10. The van der Waals surface area contributed by atoms with Crippen LogP contribution in [0.25, 0.3) is 11.5 Å². The van der Waals surface area contributed by atoms with Crippen LogP contribution in [0, 0.1) is 0 Å². The van der Waals surface area contributed by atoms with Crippen molar-refractivity contribution in [2.75, 3.05) is 13.2 Å². The van der Waals surface area contributed by atoms with Gasteiger partial charge < -0.3 is 14.9 Å². The monoisotopic (exact) mass is 482 g/mol. The molecule has 2 N–H and O–H groups in total. The van der Waals surface area contributed by atoms with Crippen molar-refractivity contribution >= 4 is 46.8 Å². The van der Waals surface area contributed by atoms with E-state index in [0.29, 0.717) is 29.9 Å². The number of ether oxygens (including phenoxy) is 1. The molecule has 3 aromatic rings. The van der Waals surface area contributed by atoms with Gasteiger partial charge >= 0.3 is 5.97 Å². The van der Waals surface area contributed by atoms with Gasteiger partial charge in [-0.05, 0) is 44.4 Å². The van der Waals surface area contributed by atoms with Crippen LogP contribution in [0.3, 0.4) is 0 Å². The van der Waals surface area contributed by atoms with E-state index in [2.05, 4.69) is 15.0 Å². The molecule has 2 saturated carbocycles. The smallest absolute Gasteiger partial charge is 0.361 e. The first-order valence-electron chi connectivity index (χ1n) is 9.85. The van der Waals surface area contributed by atoms with Crippen LogP contribution in [0.2, 0.25) is 0 Å². The van der Waals surface area contributed by atoms with Crippen molar-refractivity contribution in [3.8, 4) is 11.5 Å². The van der Waals surface area contributed by atoms with E-state index < -0.39 is 5.97 Å². The Morgan fingerprint density at radius 3 is 2.35 bits per heavy atom. The predicted molar refractivity (Wildman–Crippen MR) is 120 cm³/mol. The number of thiazole rings is 2. The Morgan fingerprint density at radius 1 is 1.06 bits per heavy atom. The Kier molecular flexibility index (Phi) is 7.93. The van der Waals surface area contributed by atoms with Crippen molar-refractivity contribution in [3.63, 3.8) is 0 Å². The van der Waals surface area contributed by atoms with E-state index in [9.17, 15) is 9.59 Å². The summed E-state index contributed by atoms with van der Waals surface area (Å²) in [5.41, 5.74) is 10.3. The molecule has 0 saturated heterocycles. The molecule has 166 valence electrons. The van der Waals surface area contributed by atoms with Crippen molar-refractivity contribution in [2.24, 2.45) is 5.73 Å². The number of hydrogen-bond acceptors (Lipinski definition) is 10. The molecule has 0 amide bonds. The molecule has 2 aliphatic rings.